The molecular formula is C17H23NO3. The second-order valence-electron chi connectivity index (χ2n) is 5.44. The topological polar surface area (TPSA) is 49.8 Å². The van der Waals surface area contributed by atoms with Crippen molar-refractivity contribution in [1.29, 1.82) is 0 Å². The van der Waals surface area contributed by atoms with Crippen LogP contribution in [-0.4, -0.2) is 35.7 Å². The van der Waals surface area contributed by atoms with Crippen molar-refractivity contribution in [2.24, 2.45) is 0 Å². The first-order chi connectivity index (χ1) is 10.1. The van der Waals surface area contributed by atoms with Gasteiger partial charge in [0.05, 0.1) is 7.11 Å². The minimum Gasteiger partial charge on any atom is -0.496 e. The first kappa shape index (κ1) is 15.6. The van der Waals surface area contributed by atoms with Crippen molar-refractivity contribution in [1.82, 2.24) is 4.90 Å². The van der Waals surface area contributed by atoms with Crippen molar-refractivity contribution in [2.75, 3.05) is 13.7 Å². The fraction of sp³-hybridized carbons (Fsp3) is 0.471. The molecule has 0 heterocycles. The Balaban J connectivity index is 2.18. The summed E-state index contributed by atoms with van der Waals surface area (Å²) in [6.07, 6.45) is 6.47. The van der Waals surface area contributed by atoms with Crippen LogP contribution in [0.15, 0.2) is 24.3 Å². The third kappa shape index (κ3) is 4.60. The molecule has 2 rings (SSSR count). The van der Waals surface area contributed by atoms with Crippen molar-refractivity contribution in [3.63, 3.8) is 0 Å². The zero-order chi connectivity index (χ0) is 15.2. The molecule has 1 aromatic carbocycles. The van der Waals surface area contributed by atoms with E-state index in [2.05, 4.69) is 11.8 Å². The number of benzene rings is 1. The minimum absolute atomic E-state index is 0.702. The quantitative estimate of drug-likeness (QED) is 0.747. The summed E-state index contributed by atoms with van der Waals surface area (Å²) in [5.41, 5.74) is 2.01. The van der Waals surface area contributed by atoms with E-state index in [-0.39, 0.29) is 0 Å². The van der Waals surface area contributed by atoms with E-state index in [1.54, 1.807) is 13.2 Å². The number of ether oxygens (including phenoxy) is 1. The van der Waals surface area contributed by atoms with Crippen LogP contribution in [0.1, 0.15) is 37.3 Å². The maximum atomic E-state index is 10.6. The molecule has 1 N–H and O–H groups in total. The van der Waals surface area contributed by atoms with Gasteiger partial charge in [0.25, 0.3) is 0 Å². The molecule has 1 fully saturated rings. The van der Waals surface area contributed by atoms with E-state index in [0.29, 0.717) is 6.04 Å². The summed E-state index contributed by atoms with van der Waals surface area (Å²) in [7, 11) is 1.67. The van der Waals surface area contributed by atoms with Gasteiger partial charge in [-0.3, -0.25) is 4.90 Å². The van der Waals surface area contributed by atoms with E-state index >= 15 is 0 Å². The van der Waals surface area contributed by atoms with E-state index in [0.717, 1.165) is 42.5 Å². The Kier molecular flexibility index (Phi) is 5.39. The Morgan fingerprint density at radius 2 is 2.24 bits per heavy atom. The van der Waals surface area contributed by atoms with Crippen LogP contribution < -0.4 is 4.74 Å². The number of hydrogen-bond acceptors (Lipinski definition) is 3. The van der Waals surface area contributed by atoms with Crippen molar-refractivity contribution < 1.29 is 14.6 Å². The van der Waals surface area contributed by atoms with E-state index in [1.165, 1.54) is 12.8 Å². The van der Waals surface area contributed by atoms with Crippen molar-refractivity contribution in [2.45, 2.75) is 38.8 Å². The molecular weight excluding hydrogens is 266 g/mol. The molecule has 0 amide bonds. The van der Waals surface area contributed by atoms with Crippen LogP contribution in [0.3, 0.4) is 0 Å². The lowest BCUT2D eigenvalue weighted by atomic mass is 10.1. The smallest absolute Gasteiger partial charge is 0.328 e. The Morgan fingerprint density at radius 1 is 1.48 bits per heavy atom. The number of hydrogen-bond donors (Lipinski definition) is 1. The van der Waals surface area contributed by atoms with Crippen LogP contribution in [0.2, 0.25) is 0 Å². The highest BCUT2D eigenvalue weighted by atomic mass is 16.5. The molecule has 0 aromatic heterocycles. The predicted octanol–water partition coefficient (Wildman–Crippen LogP) is 3.17. The SMILES string of the molecule is CCCN(Cc1cc(C=CC(=O)O)ccc1OC)C1CC1. The van der Waals surface area contributed by atoms with Gasteiger partial charge in [-0.25, -0.2) is 4.79 Å². The number of carboxylic acid groups (broad SMARTS) is 1. The van der Waals surface area contributed by atoms with Crippen LogP contribution >= 0.6 is 0 Å². The predicted molar refractivity (Wildman–Crippen MR) is 83.4 cm³/mol. The molecule has 0 atom stereocenters. The van der Waals surface area contributed by atoms with E-state index in [1.807, 2.05) is 18.2 Å². The van der Waals surface area contributed by atoms with E-state index < -0.39 is 5.97 Å². The van der Waals surface area contributed by atoms with Gasteiger partial charge < -0.3 is 9.84 Å². The summed E-state index contributed by atoms with van der Waals surface area (Å²) in [5.74, 6) is -0.0674. The zero-order valence-electron chi connectivity index (χ0n) is 12.7. The Hall–Kier alpha value is -1.81. The third-order valence-electron chi connectivity index (χ3n) is 3.67. The van der Waals surface area contributed by atoms with Gasteiger partial charge in [-0.2, -0.15) is 0 Å². The molecule has 0 saturated heterocycles. The monoisotopic (exact) mass is 289 g/mol. The fourth-order valence-corrected chi connectivity index (χ4v) is 2.53. The molecule has 1 saturated carbocycles. The lowest BCUT2D eigenvalue weighted by molar-refractivity contribution is -0.131. The molecule has 0 spiro atoms. The Bertz CT molecular complexity index is 521. The molecule has 0 radical (unpaired) electrons. The largest absolute Gasteiger partial charge is 0.496 e. The summed E-state index contributed by atoms with van der Waals surface area (Å²) in [6.45, 7) is 4.14. The second kappa shape index (κ2) is 7.27. The molecule has 0 aliphatic heterocycles. The minimum atomic E-state index is -0.932. The number of rotatable bonds is 8. The first-order valence-corrected chi connectivity index (χ1v) is 7.46. The third-order valence-corrected chi connectivity index (χ3v) is 3.67. The van der Waals surface area contributed by atoms with E-state index in [9.17, 15) is 4.79 Å². The van der Waals surface area contributed by atoms with Gasteiger partial charge in [0, 0.05) is 24.2 Å². The number of carboxylic acids is 1. The molecule has 1 aromatic rings. The first-order valence-electron chi connectivity index (χ1n) is 7.46. The summed E-state index contributed by atoms with van der Waals surface area (Å²) < 4.78 is 5.44. The standard InChI is InChI=1S/C17H23NO3/c1-3-10-18(15-6-7-15)12-14-11-13(5-9-17(19)20)4-8-16(14)21-2/h4-5,8-9,11,15H,3,6-7,10,12H2,1-2H3,(H,19,20). The number of nitrogens with zero attached hydrogens (tertiary/aromatic N) is 1. The number of carbonyl (C=O) groups is 1. The molecule has 4 heteroatoms. The van der Waals surface area contributed by atoms with Gasteiger partial charge in [-0.1, -0.05) is 13.0 Å². The Morgan fingerprint density at radius 3 is 2.81 bits per heavy atom. The maximum absolute atomic E-state index is 10.6. The van der Waals surface area contributed by atoms with Crippen molar-refractivity contribution in [3.8, 4) is 5.75 Å². The molecule has 4 nitrogen and oxygen atoms in total. The van der Waals surface area contributed by atoms with Gasteiger partial charge in [-0.15, -0.1) is 0 Å². The second-order valence-corrected chi connectivity index (χ2v) is 5.44. The molecule has 114 valence electrons. The fourth-order valence-electron chi connectivity index (χ4n) is 2.53. The summed E-state index contributed by atoms with van der Waals surface area (Å²) in [5, 5.41) is 8.72. The van der Waals surface area contributed by atoms with Crippen LogP contribution in [0.25, 0.3) is 6.08 Å². The zero-order valence-corrected chi connectivity index (χ0v) is 12.7. The lowest BCUT2D eigenvalue weighted by Gasteiger charge is -2.22. The highest BCUT2D eigenvalue weighted by Crippen LogP contribution is 2.31. The highest BCUT2D eigenvalue weighted by Gasteiger charge is 2.28. The van der Waals surface area contributed by atoms with Crippen LogP contribution in [-0.2, 0) is 11.3 Å². The van der Waals surface area contributed by atoms with Crippen LogP contribution in [0.5, 0.6) is 5.75 Å². The van der Waals surface area contributed by atoms with Gasteiger partial charge in [0.2, 0.25) is 0 Å². The summed E-state index contributed by atoms with van der Waals surface area (Å²) in [6, 6.07) is 6.51. The summed E-state index contributed by atoms with van der Waals surface area (Å²) in [4.78, 5) is 13.1. The average Bonchev–Trinajstić information content (AvgIpc) is 3.29. The molecule has 1 aliphatic carbocycles. The number of aliphatic carboxylic acids is 1. The molecule has 0 unspecified atom stereocenters. The normalized spacial score (nSPS) is 14.8. The molecule has 21 heavy (non-hydrogen) atoms. The van der Waals surface area contributed by atoms with Crippen LogP contribution in [0.4, 0.5) is 0 Å². The average molecular weight is 289 g/mol. The van der Waals surface area contributed by atoms with E-state index in [4.69, 9.17) is 9.84 Å². The van der Waals surface area contributed by atoms with Crippen molar-refractivity contribution in [3.05, 3.63) is 35.4 Å². The lowest BCUT2D eigenvalue weighted by Crippen LogP contribution is -2.26. The summed E-state index contributed by atoms with van der Waals surface area (Å²) >= 11 is 0. The van der Waals surface area contributed by atoms with Gasteiger partial charge in [0.15, 0.2) is 0 Å². The maximum Gasteiger partial charge on any atom is 0.328 e. The van der Waals surface area contributed by atoms with Gasteiger partial charge in [-0.05, 0) is 49.6 Å². The highest BCUT2D eigenvalue weighted by molar-refractivity contribution is 5.85. The number of methoxy groups -OCH3 is 1. The van der Waals surface area contributed by atoms with Gasteiger partial charge in [0.1, 0.15) is 5.75 Å². The Labute approximate surface area is 126 Å². The van der Waals surface area contributed by atoms with Crippen LogP contribution in [0, 0.1) is 0 Å². The van der Waals surface area contributed by atoms with Gasteiger partial charge >= 0.3 is 5.97 Å². The van der Waals surface area contributed by atoms with Crippen molar-refractivity contribution >= 4 is 12.0 Å². The molecule has 1 aliphatic rings. The molecule has 0 bridgehead atoms.